The molecule has 4 aliphatic heterocycles. The number of aliphatic hydroxyl groups excluding tert-OH is 1. The number of anilines is 3. The molecule has 344 valence electrons. The number of carbonyl (C=O) groups is 3. The van der Waals surface area contributed by atoms with Crippen LogP contribution in [0.4, 0.5) is 17.1 Å². The molecule has 12 nitrogen and oxygen atoms in total. The molecule has 3 fully saturated rings. The highest BCUT2D eigenvalue weighted by atomic mass is 16.6. The first-order chi connectivity index (χ1) is 33.3. The summed E-state index contributed by atoms with van der Waals surface area (Å²) in [7, 11) is 2.02. The minimum absolute atomic E-state index is 0.0252. The molecular weight excluding hydrogens is 855 g/mol. The number of amides is 2. The average molecular weight is 908 g/mol. The van der Waals surface area contributed by atoms with Crippen LogP contribution in [-0.4, -0.2) is 91.8 Å². The van der Waals surface area contributed by atoms with Crippen molar-refractivity contribution in [3.63, 3.8) is 0 Å². The molecule has 0 radical (unpaired) electrons. The number of esters is 1. The number of hydrogen-bond donors (Lipinski definition) is 3. The van der Waals surface area contributed by atoms with Gasteiger partial charge in [-0.05, 0) is 77.8 Å². The summed E-state index contributed by atoms with van der Waals surface area (Å²) < 4.78 is 18.5. The van der Waals surface area contributed by atoms with Crippen LogP contribution >= 0.6 is 0 Å². The first kappa shape index (κ1) is 44.6. The van der Waals surface area contributed by atoms with E-state index in [1.54, 1.807) is 6.07 Å². The van der Waals surface area contributed by atoms with Gasteiger partial charge >= 0.3 is 5.97 Å². The van der Waals surface area contributed by atoms with Crippen molar-refractivity contribution in [3.05, 3.63) is 191 Å². The summed E-state index contributed by atoms with van der Waals surface area (Å²) in [4.78, 5) is 53.3. The standard InChI is InChI=1S/C56H53N5O7/c1-59(37-39-14-5-2-6-15-39)29-13-16-38-23-28-46-45(36-38)56(55(65)58-46)48(53(63)57-42-24-26-43(27-25-42)60-30-33-66-34-31-60)50-54(64)68-51(41-19-9-4-10-20-41)49(40-17-7-3-8-18-40)61(50)52(56)44-21-11-12-22-47(44)67-35-32-62/h2-12,14-15,17-28,36,48-52,62H,29-35,37H2,1H3,(H,57,63)(H,58,65). The summed E-state index contributed by atoms with van der Waals surface area (Å²) in [5.41, 5.74) is 4.74. The van der Waals surface area contributed by atoms with Crippen LogP contribution in [0.2, 0.25) is 0 Å². The Morgan fingerprint density at radius 1 is 0.838 bits per heavy atom. The number of benzene rings is 6. The predicted octanol–water partition coefficient (Wildman–Crippen LogP) is 7.29. The van der Waals surface area contributed by atoms with Crippen LogP contribution in [0.15, 0.2) is 158 Å². The van der Waals surface area contributed by atoms with E-state index < -0.39 is 53.3 Å². The molecule has 6 aromatic carbocycles. The van der Waals surface area contributed by atoms with E-state index in [2.05, 4.69) is 44.4 Å². The van der Waals surface area contributed by atoms with Crippen molar-refractivity contribution in [2.45, 2.75) is 36.2 Å². The lowest BCUT2D eigenvalue weighted by molar-refractivity contribution is -0.177. The maximum atomic E-state index is 15.8. The highest BCUT2D eigenvalue weighted by Gasteiger charge is 2.74. The van der Waals surface area contributed by atoms with Gasteiger partial charge in [-0.1, -0.05) is 121 Å². The molecule has 2 amide bonds. The van der Waals surface area contributed by atoms with Gasteiger partial charge in [0.1, 0.15) is 29.9 Å². The van der Waals surface area contributed by atoms with Crippen LogP contribution in [-0.2, 0) is 35.8 Å². The van der Waals surface area contributed by atoms with Gasteiger partial charge in [-0.25, -0.2) is 0 Å². The number of cyclic esters (lactones) is 1. The second kappa shape index (κ2) is 19.5. The van der Waals surface area contributed by atoms with Crippen molar-refractivity contribution < 1.29 is 33.7 Å². The topological polar surface area (TPSA) is 133 Å². The molecule has 0 aliphatic carbocycles. The summed E-state index contributed by atoms with van der Waals surface area (Å²) in [6.07, 6.45) is -0.837. The molecule has 0 aromatic heterocycles. The molecule has 0 saturated carbocycles. The normalized spacial score (nSPS) is 23.0. The van der Waals surface area contributed by atoms with E-state index >= 15 is 14.4 Å². The zero-order valence-electron chi connectivity index (χ0n) is 37.8. The molecule has 6 atom stereocenters. The van der Waals surface area contributed by atoms with Gasteiger partial charge in [0.05, 0.1) is 44.4 Å². The number of rotatable bonds is 12. The van der Waals surface area contributed by atoms with Crippen molar-refractivity contribution in [2.75, 3.05) is 68.6 Å². The fourth-order valence-electron chi connectivity index (χ4n) is 10.7. The fraction of sp³-hybridized carbons (Fsp3) is 0.268. The third-order valence-electron chi connectivity index (χ3n) is 13.5. The molecule has 6 aromatic rings. The Morgan fingerprint density at radius 2 is 1.51 bits per heavy atom. The lowest BCUT2D eigenvalue weighted by atomic mass is 9.65. The number of carbonyl (C=O) groups excluding carboxylic acids is 3. The van der Waals surface area contributed by atoms with Crippen molar-refractivity contribution in [1.82, 2.24) is 9.80 Å². The molecule has 68 heavy (non-hydrogen) atoms. The number of nitrogens with one attached hydrogen (secondary N) is 2. The number of aliphatic hydroxyl groups is 1. The third-order valence-corrected chi connectivity index (χ3v) is 13.5. The van der Waals surface area contributed by atoms with Crippen LogP contribution in [0, 0.1) is 17.8 Å². The van der Waals surface area contributed by atoms with Gasteiger partial charge in [0.15, 0.2) is 0 Å². The molecule has 3 saturated heterocycles. The Bertz CT molecular complexity index is 2830. The van der Waals surface area contributed by atoms with Gasteiger partial charge in [0.25, 0.3) is 0 Å². The highest BCUT2D eigenvalue weighted by Crippen LogP contribution is 2.65. The average Bonchev–Trinajstić information content (AvgIpc) is 3.85. The first-order valence-electron chi connectivity index (χ1n) is 23.2. The minimum atomic E-state index is -1.77. The maximum absolute atomic E-state index is 15.8. The molecule has 4 heterocycles. The van der Waals surface area contributed by atoms with Crippen LogP contribution in [0.5, 0.6) is 5.75 Å². The molecule has 10 rings (SSSR count). The van der Waals surface area contributed by atoms with E-state index in [1.165, 1.54) is 5.56 Å². The van der Waals surface area contributed by atoms with Crippen molar-refractivity contribution in [3.8, 4) is 17.6 Å². The maximum Gasteiger partial charge on any atom is 0.324 e. The van der Waals surface area contributed by atoms with Crippen molar-refractivity contribution in [1.29, 1.82) is 0 Å². The number of hydrogen-bond acceptors (Lipinski definition) is 10. The van der Waals surface area contributed by atoms with E-state index in [0.29, 0.717) is 60.1 Å². The van der Waals surface area contributed by atoms with Gasteiger partial charge in [0.2, 0.25) is 11.8 Å². The lowest BCUT2D eigenvalue weighted by Gasteiger charge is -2.46. The van der Waals surface area contributed by atoms with Gasteiger partial charge in [0, 0.05) is 47.8 Å². The zero-order valence-corrected chi connectivity index (χ0v) is 37.8. The second-order valence-electron chi connectivity index (χ2n) is 17.7. The van der Waals surface area contributed by atoms with E-state index in [-0.39, 0.29) is 13.2 Å². The number of ether oxygens (including phenoxy) is 3. The quantitative estimate of drug-likeness (QED) is 0.0850. The molecule has 1 spiro atoms. The Morgan fingerprint density at radius 3 is 2.24 bits per heavy atom. The van der Waals surface area contributed by atoms with Crippen molar-refractivity contribution in [2.24, 2.45) is 5.92 Å². The summed E-state index contributed by atoms with van der Waals surface area (Å²) in [5.74, 6) is 4.13. The van der Waals surface area contributed by atoms with Gasteiger partial charge in [-0.2, -0.15) is 0 Å². The van der Waals surface area contributed by atoms with Gasteiger partial charge in [-0.3, -0.25) is 24.2 Å². The predicted molar refractivity (Wildman–Crippen MR) is 260 cm³/mol. The second-order valence-corrected chi connectivity index (χ2v) is 17.7. The molecular formula is C56H53N5O7. The molecule has 4 aliphatic rings. The molecule has 12 heteroatoms. The summed E-state index contributed by atoms with van der Waals surface area (Å²) in [6.45, 7) is 3.66. The summed E-state index contributed by atoms with van der Waals surface area (Å²) in [6, 6.07) is 47.2. The van der Waals surface area contributed by atoms with E-state index in [4.69, 9.17) is 14.2 Å². The zero-order chi connectivity index (χ0) is 46.6. The Labute approximate surface area is 396 Å². The molecule has 6 unspecified atom stereocenters. The Balaban J connectivity index is 1.16. The minimum Gasteiger partial charge on any atom is -0.491 e. The molecule has 3 N–H and O–H groups in total. The molecule has 0 bridgehead atoms. The van der Waals surface area contributed by atoms with Crippen LogP contribution in [0.3, 0.4) is 0 Å². The van der Waals surface area contributed by atoms with Crippen LogP contribution in [0.1, 0.15) is 51.6 Å². The van der Waals surface area contributed by atoms with Gasteiger partial charge in [-0.15, -0.1) is 0 Å². The smallest absolute Gasteiger partial charge is 0.324 e. The summed E-state index contributed by atoms with van der Waals surface area (Å²) >= 11 is 0. The lowest BCUT2D eigenvalue weighted by Crippen LogP contribution is -2.53. The third kappa shape index (κ3) is 8.39. The number of para-hydroxylation sites is 1. The largest absolute Gasteiger partial charge is 0.491 e. The van der Waals surface area contributed by atoms with E-state index in [1.807, 2.05) is 151 Å². The monoisotopic (exact) mass is 907 g/mol. The van der Waals surface area contributed by atoms with Crippen LogP contribution < -0.4 is 20.3 Å². The van der Waals surface area contributed by atoms with E-state index in [9.17, 15) is 5.11 Å². The van der Waals surface area contributed by atoms with Gasteiger partial charge < -0.3 is 34.9 Å². The number of fused-ring (bicyclic) bond motifs is 3. The van der Waals surface area contributed by atoms with Crippen LogP contribution in [0.25, 0.3) is 0 Å². The van der Waals surface area contributed by atoms with Crippen molar-refractivity contribution >= 4 is 34.8 Å². The fourth-order valence-corrected chi connectivity index (χ4v) is 10.7. The first-order valence-corrected chi connectivity index (χ1v) is 23.2. The Kier molecular flexibility index (Phi) is 12.8. The Hall–Kier alpha value is -7.27. The summed E-state index contributed by atoms with van der Waals surface area (Å²) in [5, 5.41) is 16.4. The number of nitrogens with zero attached hydrogens (tertiary/aromatic N) is 3. The highest BCUT2D eigenvalue weighted by molar-refractivity contribution is 6.13. The number of morpholine rings is 2. The van der Waals surface area contributed by atoms with E-state index in [0.717, 1.165) is 29.9 Å². The SMILES string of the molecule is CN(CC#Cc1ccc2c(c1)C1(C(=O)N2)C(C(=O)Nc2ccc(N3CCOCC3)cc2)C2C(=O)OC(c3ccccc3)C(c3ccccc3)N2C1c1ccccc1OCCO)Cc1ccccc1.